The molecule has 24 heavy (non-hydrogen) atoms. The zero-order valence-electron chi connectivity index (χ0n) is 14.0. The van der Waals surface area contributed by atoms with Gasteiger partial charge in [0, 0.05) is 30.9 Å². The molecule has 0 radical (unpaired) electrons. The number of benzene rings is 1. The molecule has 130 valence electrons. The summed E-state index contributed by atoms with van der Waals surface area (Å²) in [6.45, 7) is 5.29. The first-order valence-electron chi connectivity index (χ1n) is 7.78. The van der Waals surface area contributed by atoms with Crippen molar-refractivity contribution in [1.82, 2.24) is 9.88 Å². The largest absolute Gasteiger partial charge is 0.352 e. The monoisotopic (exact) mass is 349 g/mol. The first kappa shape index (κ1) is 18.2. The Labute approximate surface area is 142 Å². The van der Waals surface area contributed by atoms with Crippen molar-refractivity contribution in [2.75, 3.05) is 0 Å². The summed E-state index contributed by atoms with van der Waals surface area (Å²) in [6.07, 6.45) is 1.22. The van der Waals surface area contributed by atoms with E-state index in [1.165, 1.54) is 23.5 Å². The van der Waals surface area contributed by atoms with Crippen LogP contribution in [0.15, 0.2) is 41.3 Å². The van der Waals surface area contributed by atoms with Gasteiger partial charge in [-0.2, -0.15) is 0 Å². The summed E-state index contributed by atoms with van der Waals surface area (Å²) < 4.78 is 24.6. The molecule has 0 saturated heterocycles. The number of primary sulfonamides is 1. The number of nitrogens with two attached hydrogens (primary N) is 1. The van der Waals surface area contributed by atoms with Gasteiger partial charge in [0.25, 0.3) is 0 Å². The molecule has 0 unspecified atom stereocenters. The molecule has 0 bridgehead atoms. The molecule has 0 aliphatic heterocycles. The highest BCUT2D eigenvalue weighted by molar-refractivity contribution is 7.89. The Morgan fingerprint density at radius 1 is 1.08 bits per heavy atom. The van der Waals surface area contributed by atoms with Crippen LogP contribution >= 0.6 is 0 Å². The van der Waals surface area contributed by atoms with Crippen molar-refractivity contribution in [2.45, 2.75) is 44.7 Å². The maximum absolute atomic E-state index is 11.9. The summed E-state index contributed by atoms with van der Waals surface area (Å²) in [6, 6.07) is 10.3. The number of amides is 1. The van der Waals surface area contributed by atoms with Crippen LogP contribution in [-0.4, -0.2) is 18.9 Å². The van der Waals surface area contributed by atoms with Crippen LogP contribution in [0.1, 0.15) is 29.8 Å². The fraction of sp³-hybridized carbons (Fsp3) is 0.353. The number of aryl methyl sites for hydroxylation is 2. The van der Waals surface area contributed by atoms with E-state index >= 15 is 0 Å². The molecule has 0 fully saturated rings. The van der Waals surface area contributed by atoms with Gasteiger partial charge in [0.1, 0.15) is 0 Å². The topological polar surface area (TPSA) is 94.2 Å². The van der Waals surface area contributed by atoms with Crippen molar-refractivity contribution in [2.24, 2.45) is 5.14 Å². The van der Waals surface area contributed by atoms with Crippen LogP contribution in [0.4, 0.5) is 0 Å². The number of rotatable bonds is 7. The van der Waals surface area contributed by atoms with Crippen molar-refractivity contribution in [1.29, 1.82) is 0 Å². The fourth-order valence-corrected chi connectivity index (χ4v) is 3.05. The van der Waals surface area contributed by atoms with E-state index in [2.05, 4.69) is 35.9 Å². The fourth-order valence-electron chi connectivity index (χ4n) is 2.54. The van der Waals surface area contributed by atoms with Crippen molar-refractivity contribution >= 4 is 15.9 Å². The van der Waals surface area contributed by atoms with E-state index in [-0.39, 0.29) is 10.8 Å². The average Bonchev–Trinajstić information content (AvgIpc) is 2.84. The average molecular weight is 349 g/mol. The van der Waals surface area contributed by atoms with Crippen LogP contribution in [0.3, 0.4) is 0 Å². The third-order valence-electron chi connectivity index (χ3n) is 3.94. The third-order valence-corrected chi connectivity index (χ3v) is 4.87. The Morgan fingerprint density at radius 2 is 1.67 bits per heavy atom. The Hall–Kier alpha value is -2.12. The number of aromatic nitrogens is 1. The second-order valence-electron chi connectivity index (χ2n) is 5.84. The maximum atomic E-state index is 11.9. The van der Waals surface area contributed by atoms with Gasteiger partial charge in [-0.25, -0.2) is 13.6 Å². The van der Waals surface area contributed by atoms with E-state index in [0.29, 0.717) is 13.0 Å². The quantitative estimate of drug-likeness (QED) is 0.799. The Bertz CT molecular complexity index is 789. The molecule has 3 N–H and O–H groups in total. The molecule has 0 spiro atoms. The van der Waals surface area contributed by atoms with Gasteiger partial charge in [-0.15, -0.1) is 0 Å². The standard InChI is InChI=1S/C17H23N3O3S/c1-13-5-6-14(2)20(13)11-3-4-17(21)19-12-15-7-9-16(10-8-15)24(18,22)23/h5-10H,3-4,11-12H2,1-2H3,(H,19,21)(H2,18,22,23). The summed E-state index contributed by atoms with van der Waals surface area (Å²) in [5.41, 5.74) is 3.22. The Balaban J connectivity index is 1.77. The van der Waals surface area contributed by atoms with Crippen molar-refractivity contribution in [3.05, 3.63) is 53.3 Å². The van der Waals surface area contributed by atoms with Gasteiger partial charge in [-0.1, -0.05) is 12.1 Å². The van der Waals surface area contributed by atoms with Crippen molar-refractivity contribution < 1.29 is 13.2 Å². The van der Waals surface area contributed by atoms with Gasteiger partial charge < -0.3 is 9.88 Å². The van der Waals surface area contributed by atoms with Crippen LogP contribution in [0.2, 0.25) is 0 Å². The molecule has 0 aliphatic carbocycles. The number of hydrogen-bond acceptors (Lipinski definition) is 3. The highest BCUT2D eigenvalue weighted by Crippen LogP contribution is 2.10. The summed E-state index contributed by atoms with van der Waals surface area (Å²) in [7, 11) is -3.68. The molecule has 1 aromatic heterocycles. The van der Waals surface area contributed by atoms with Crippen LogP contribution in [0.25, 0.3) is 0 Å². The molecule has 7 heteroatoms. The van der Waals surface area contributed by atoms with E-state index < -0.39 is 10.0 Å². The van der Waals surface area contributed by atoms with Gasteiger partial charge in [0.15, 0.2) is 0 Å². The number of nitrogens with one attached hydrogen (secondary N) is 1. The third kappa shape index (κ3) is 4.94. The van der Waals surface area contributed by atoms with Crippen molar-refractivity contribution in [3.63, 3.8) is 0 Å². The van der Waals surface area contributed by atoms with Crippen LogP contribution < -0.4 is 10.5 Å². The zero-order chi connectivity index (χ0) is 17.7. The van der Waals surface area contributed by atoms with E-state index in [9.17, 15) is 13.2 Å². The van der Waals surface area contributed by atoms with Crippen LogP contribution in [-0.2, 0) is 27.9 Å². The molecule has 2 rings (SSSR count). The first-order valence-corrected chi connectivity index (χ1v) is 9.33. The van der Waals surface area contributed by atoms with Crippen LogP contribution in [0, 0.1) is 13.8 Å². The lowest BCUT2D eigenvalue weighted by molar-refractivity contribution is -0.121. The van der Waals surface area contributed by atoms with E-state index in [1.54, 1.807) is 12.1 Å². The molecule has 0 atom stereocenters. The number of sulfonamides is 1. The molecule has 1 aromatic carbocycles. The predicted octanol–water partition coefficient (Wildman–Crippen LogP) is 1.85. The normalized spacial score (nSPS) is 11.5. The summed E-state index contributed by atoms with van der Waals surface area (Å²) in [5.74, 6) is -0.0204. The van der Waals surface area contributed by atoms with Crippen molar-refractivity contribution in [3.8, 4) is 0 Å². The molecule has 0 aliphatic rings. The number of nitrogens with zero attached hydrogens (tertiary/aromatic N) is 1. The second-order valence-corrected chi connectivity index (χ2v) is 7.40. The SMILES string of the molecule is Cc1ccc(C)n1CCCC(=O)NCc1ccc(S(N)(=O)=O)cc1. The van der Waals surface area contributed by atoms with Crippen LogP contribution in [0.5, 0.6) is 0 Å². The highest BCUT2D eigenvalue weighted by Gasteiger charge is 2.08. The molecule has 2 aromatic rings. The van der Waals surface area contributed by atoms with E-state index in [4.69, 9.17) is 5.14 Å². The molecular formula is C17H23N3O3S. The number of hydrogen-bond donors (Lipinski definition) is 2. The Morgan fingerprint density at radius 3 is 2.21 bits per heavy atom. The lowest BCUT2D eigenvalue weighted by atomic mass is 10.2. The first-order chi connectivity index (χ1) is 11.3. The van der Waals surface area contributed by atoms with Gasteiger partial charge >= 0.3 is 0 Å². The summed E-state index contributed by atoms with van der Waals surface area (Å²) >= 11 is 0. The molecule has 6 nitrogen and oxygen atoms in total. The lowest BCUT2D eigenvalue weighted by Crippen LogP contribution is -2.23. The van der Waals surface area contributed by atoms with E-state index in [1.807, 2.05) is 0 Å². The molecule has 1 amide bonds. The van der Waals surface area contributed by atoms with E-state index in [0.717, 1.165) is 18.5 Å². The summed E-state index contributed by atoms with van der Waals surface area (Å²) in [5, 5.41) is 7.88. The molecule has 0 saturated carbocycles. The smallest absolute Gasteiger partial charge is 0.238 e. The van der Waals surface area contributed by atoms with Gasteiger partial charge in [-0.3, -0.25) is 4.79 Å². The maximum Gasteiger partial charge on any atom is 0.238 e. The minimum absolute atomic E-state index is 0.0204. The molecule has 1 heterocycles. The zero-order valence-corrected chi connectivity index (χ0v) is 14.8. The molecular weight excluding hydrogens is 326 g/mol. The second kappa shape index (κ2) is 7.63. The van der Waals surface area contributed by atoms with Gasteiger partial charge in [0.2, 0.25) is 15.9 Å². The lowest BCUT2D eigenvalue weighted by Gasteiger charge is -2.09. The minimum Gasteiger partial charge on any atom is -0.352 e. The van der Waals surface area contributed by atoms with Gasteiger partial charge in [0.05, 0.1) is 4.90 Å². The predicted molar refractivity (Wildman–Crippen MR) is 92.8 cm³/mol. The highest BCUT2D eigenvalue weighted by atomic mass is 32.2. The summed E-state index contributed by atoms with van der Waals surface area (Å²) in [4.78, 5) is 12.0. The number of carbonyl (C=O) groups excluding carboxylic acids is 1. The van der Waals surface area contributed by atoms with Gasteiger partial charge in [-0.05, 0) is 50.1 Å². The number of carbonyl (C=O) groups is 1. The minimum atomic E-state index is -3.68. The Kier molecular flexibility index (Phi) is 5.80.